The van der Waals surface area contributed by atoms with Crippen molar-refractivity contribution in [3.8, 4) is 0 Å². The number of rotatable bonds is 5. The van der Waals surface area contributed by atoms with Gasteiger partial charge in [-0.15, -0.1) is 0 Å². The molecule has 1 amide bonds. The van der Waals surface area contributed by atoms with Crippen LogP contribution < -0.4 is 10.2 Å². The van der Waals surface area contributed by atoms with Crippen molar-refractivity contribution in [2.75, 3.05) is 42.9 Å². The molecule has 1 aromatic carbocycles. The number of aromatic nitrogens is 2. The summed E-state index contributed by atoms with van der Waals surface area (Å²) in [6, 6.07) is 5.66. The maximum atomic E-state index is 12.6. The molecule has 0 bridgehead atoms. The summed E-state index contributed by atoms with van der Waals surface area (Å²) >= 11 is 6.16. The predicted octanol–water partition coefficient (Wildman–Crippen LogP) is 2.95. The Balaban J connectivity index is 1.78. The normalized spacial score (nSPS) is 15.4. The molecule has 2 aromatic rings. The Morgan fingerprint density at radius 3 is 2.60 bits per heavy atom. The summed E-state index contributed by atoms with van der Waals surface area (Å²) in [4.78, 5) is 17.3. The van der Waals surface area contributed by atoms with Crippen LogP contribution in [0, 0.1) is 0 Å². The minimum atomic E-state index is -0.171. The summed E-state index contributed by atoms with van der Waals surface area (Å²) in [5.74, 6) is -0.171. The first kappa shape index (κ1) is 17.8. The number of nitrogens with zero attached hydrogens (tertiary/aromatic N) is 4. The maximum Gasteiger partial charge on any atom is 0.258 e. The van der Waals surface area contributed by atoms with Gasteiger partial charge in [-0.3, -0.25) is 9.48 Å². The molecule has 134 valence electrons. The Morgan fingerprint density at radius 2 is 1.96 bits per heavy atom. The number of benzene rings is 1. The molecule has 3 rings (SSSR count). The molecule has 0 unspecified atom stereocenters. The van der Waals surface area contributed by atoms with Crippen molar-refractivity contribution in [2.24, 2.45) is 0 Å². The summed E-state index contributed by atoms with van der Waals surface area (Å²) in [6.07, 6.45) is 3.34. The minimum absolute atomic E-state index is 0.171. The number of anilines is 2. The number of hydrogen-bond acceptors (Lipinski definition) is 4. The fraction of sp³-hybridized carbons (Fsp3) is 0.444. The highest BCUT2D eigenvalue weighted by Gasteiger charge is 2.20. The van der Waals surface area contributed by atoms with Crippen LogP contribution in [-0.4, -0.2) is 53.3 Å². The average molecular weight is 362 g/mol. The lowest BCUT2D eigenvalue weighted by Gasteiger charge is -2.36. The number of hydrogen-bond donors (Lipinski definition) is 1. The summed E-state index contributed by atoms with van der Waals surface area (Å²) < 4.78 is 1.73. The summed E-state index contributed by atoms with van der Waals surface area (Å²) in [5, 5.41) is 7.76. The molecule has 6 nitrogen and oxygen atoms in total. The molecule has 25 heavy (non-hydrogen) atoms. The molecule has 1 fully saturated rings. The number of carbonyl (C=O) groups excluding carboxylic acids is 1. The van der Waals surface area contributed by atoms with E-state index in [1.807, 2.05) is 25.1 Å². The summed E-state index contributed by atoms with van der Waals surface area (Å²) in [7, 11) is 0. The van der Waals surface area contributed by atoms with Crippen LogP contribution in [0.3, 0.4) is 0 Å². The first-order chi connectivity index (χ1) is 12.1. The fourth-order valence-electron chi connectivity index (χ4n) is 3.04. The molecule has 1 saturated heterocycles. The van der Waals surface area contributed by atoms with Crippen LogP contribution in [0.25, 0.3) is 0 Å². The largest absolute Gasteiger partial charge is 0.367 e. The number of likely N-dealkylation sites (N-methyl/N-ethyl adjacent to an activating group) is 1. The highest BCUT2D eigenvalue weighted by atomic mass is 35.5. The Hall–Kier alpha value is -2.05. The molecule has 0 spiro atoms. The van der Waals surface area contributed by atoms with Gasteiger partial charge in [0.2, 0.25) is 0 Å². The van der Waals surface area contributed by atoms with E-state index in [1.54, 1.807) is 17.1 Å². The van der Waals surface area contributed by atoms with E-state index in [4.69, 9.17) is 11.6 Å². The molecule has 0 aliphatic carbocycles. The van der Waals surface area contributed by atoms with E-state index < -0.39 is 0 Å². The van der Waals surface area contributed by atoms with E-state index in [2.05, 4.69) is 27.1 Å². The molecule has 1 aliphatic heterocycles. The van der Waals surface area contributed by atoms with Crippen molar-refractivity contribution in [2.45, 2.75) is 20.4 Å². The van der Waals surface area contributed by atoms with Crippen LogP contribution in [0.2, 0.25) is 5.02 Å². The summed E-state index contributed by atoms with van der Waals surface area (Å²) in [5.41, 5.74) is 2.30. The highest BCUT2D eigenvalue weighted by molar-refractivity contribution is 6.31. The van der Waals surface area contributed by atoms with Crippen molar-refractivity contribution < 1.29 is 4.79 Å². The predicted molar refractivity (Wildman–Crippen MR) is 102 cm³/mol. The van der Waals surface area contributed by atoms with Crippen LogP contribution in [0.5, 0.6) is 0 Å². The zero-order chi connectivity index (χ0) is 17.8. The summed E-state index contributed by atoms with van der Waals surface area (Å²) in [6.45, 7) is 9.89. The number of nitrogens with one attached hydrogen (secondary N) is 1. The van der Waals surface area contributed by atoms with Gasteiger partial charge in [-0.2, -0.15) is 5.10 Å². The molecule has 7 heteroatoms. The Kier molecular flexibility index (Phi) is 5.60. The Morgan fingerprint density at radius 1 is 1.20 bits per heavy atom. The number of halogens is 1. The zero-order valence-electron chi connectivity index (χ0n) is 14.7. The van der Waals surface area contributed by atoms with Gasteiger partial charge in [-0.1, -0.05) is 18.5 Å². The van der Waals surface area contributed by atoms with Crippen LogP contribution in [0.15, 0.2) is 30.6 Å². The van der Waals surface area contributed by atoms with E-state index in [9.17, 15) is 4.79 Å². The minimum Gasteiger partial charge on any atom is -0.367 e. The van der Waals surface area contributed by atoms with Gasteiger partial charge in [-0.25, -0.2) is 0 Å². The second kappa shape index (κ2) is 7.89. The number of carbonyl (C=O) groups is 1. The van der Waals surface area contributed by atoms with Crippen LogP contribution >= 0.6 is 11.6 Å². The van der Waals surface area contributed by atoms with E-state index in [1.165, 1.54) is 0 Å². The van der Waals surface area contributed by atoms with Gasteiger partial charge in [0.05, 0.1) is 23.1 Å². The average Bonchev–Trinajstić information content (AvgIpc) is 3.11. The van der Waals surface area contributed by atoms with Gasteiger partial charge in [0.25, 0.3) is 5.91 Å². The topological polar surface area (TPSA) is 53.4 Å². The molecule has 1 aliphatic rings. The van der Waals surface area contributed by atoms with Crippen molar-refractivity contribution >= 4 is 28.9 Å². The molecule has 2 heterocycles. The molecular formula is C18H24ClN5O. The lowest BCUT2D eigenvalue weighted by Crippen LogP contribution is -2.46. The third-order valence-electron chi connectivity index (χ3n) is 4.59. The quantitative estimate of drug-likeness (QED) is 0.889. The maximum absolute atomic E-state index is 12.6. The smallest absolute Gasteiger partial charge is 0.258 e. The fourth-order valence-corrected chi connectivity index (χ4v) is 3.21. The standard InChI is InChI=1S/C18H24ClN5O/c1-3-22-7-9-23(10-8-22)17-6-5-15(19)11-16(17)21-18(25)14-12-20-24(4-2)13-14/h5-6,11-13H,3-4,7-10H2,1-2H3,(H,21,25). The molecular weight excluding hydrogens is 338 g/mol. The van der Waals surface area contributed by atoms with Crippen molar-refractivity contribution in [1.82, 2.24) is 14.7 Å². The Labute approximate surface area is 153 Å². The third kappa shape index (κ3) is 4.14. The molecule has 0 radical (unpaired) electrons. The Bertz CT molecular complexity index is 737. The third-order valence-corrected chi connectivity index (χ3v) is 4.82. The van der Waals surface area contributed by atoms with E-state index in [0.717, 1.165) is 50.6 Å². The zero-order valence-corrected chi connectivity index (χ0v) is 15.5. The van der Waals surface area contributed by atoms with E-state index in [0.29, 0.717) is 10.6 Å². The van der Waals surface area contributed by atoms with Gasteiger partial charge in [-0.05, 0) is 31.7 Å². The van der Waals surface area contributed by atoms with Crippen molar-refractivity contribution in [3.63, 3.8) is 0 Å². The molecule has 1 N–H and O–H groups in total. The van der Waals surface area contributed by atoms with Gasteiger partial charge >= 0.3 is 0 Å². The van der Waals surface area contributed by atoms with E-state index in [-0.39, 0.29) is 5.91 Å². The first-order valence-electron chi connectivity index (χ1n) is 8.71. The van der Waals surface area contributed by atoms with Gasteiger partial charge in [0, 0.05) is 43.9 Å². The SMILES string of the molecule is CCN1CCN(c2ccc(Cl)cc2NC(=O)c2cnn(CC)c2)CC1. The van der Waals surface area contributed by atoms with Crippen molar-refractivity contribution in [1.29, 1.82) is 0 Å². The first-order valence-corrected chi connectivity index (χ1v) is 9.09. The van der Waals surface area contributed by atoms with Crippen LogP contribution in [0.4, 0.5) is 11.4 Å². The van der Waals surface area contributed by atoms with Gasteiger partial charge in [0.15, 0.2) is 0 Å². The molecule has 0 saturated carbocycles. The second-order valence-electron chi connectivity index (χ2n) is 6.12. The number of piperazine rings is 1. The van der Waals surface area contributed by atoms with Crippen molar-refractivity contribution in [3.05, 3.63) is 41.2 Å². The lowest BCUT2D eigenvalue weighted by molar-refractivity contribution is 0.102. The van der Waals surface area contributed by atoms with Gasteiger partial charge < -0.3 is 15.1 Å². The highest BCUT2D eigenvalue weighted by Crippen LogP contribution is 2.30. The van der Waals surface area contributed by atoms with E-state index >= 15 is 0 Å². The van der Waals surface area contributed by atoms with Gasteiger partial charge in [0.1, 0.15) is 0 Å². The van der Waals surface area contributed by atoms with Crippen LogP contribution in [-0.2, 0) is 6.54 Å². The monoisotopic (exact) mass is 361 g/mol. The number of amides is 1. The number of aryl methyl sites for hydroxylation is 1. The molecule has 0 atom stereocenters. The lowest BCUT2D eigenvalue weighted by atomic mass is 10.2. The molecule has 1 aromatic heterocycles. The van der Waals surface area contributed by atoms with Crippen LogP contribution in [0.1, 0.15) is 24.2 Å². The second-order valence-corrected chi connectivity index (χ2v) is 6.56.